The number of hydrogen-bond donors (Lipinski definition) is 0. The minimum absolute atomic E-state index is 0.565. The molecule has 2 nitrogen and oxygen atoms in total. The predicted octanol–water partition coefficient (Wildman–Crippen LogP) is 3.46. The SMILES string of the molecule is COc1ccc2c(c1)CC[C@]13CN(C)[C@H](C)[C@H]1CC[C@H]23. The molecule has 4 rings (SSSR count). The Bertz CT molecular complexity index is 540. The molecule has 2 aliphatic carbocycles. The van der Waals surface area contributed by atoms with Crippen molar-refractivity contribution in [2.45, 2.75) is 44.6 Å². The number of aryl methyl sites for hydroxylation is 1. The van der Waals surface area contributed by atoms with Crippen molar-refractivity contribution in [1.29, 1.82) is 0 Å². The normalized spacial score (nSPS) is 39.2. The van der Waals surface area contributed by atoms with Gasteiger partial charge in [0.05, 0.1) is 7.11 Å². The first-order chi connectivity index (χ1) is 9.65. The summed E-state index contributed by atoms with van der Waals surface area (Å²) in [6, 6.07) is 7.55. The second kappa shape index (κ2) is 4.24. The predicted molar refractivity (Wildman–Crippen MR) is 81.3 cm³/mol. The van der Waals surface area contributed by atoms with E-state index in [1.165, 1.54) is 32.2 Å². The fourth-order valence-corrected chi connectivity index (χ4v) is 5.58. The van der Waals surface area contributed by atoms with Gasteiger partial charge in [0.1, 0.15) is 5.75 Å². The summed E-state index contributed by atoms with van der Waals surface area (Å²) in [5.74, 6) is 2.72. The highest BCUT2D eigenvalue weighted by Crippen LogP contribution is 2.63. The first-order valence-electron chi connectivity index (χ1n) is 8.03. The van der Waals surface area contributed by atoms with Gasteiger partial charge in [-0.15, -0.1) is 0 Å². The van der Waals surface area contributed by atoms with Crippen LogP contribution in [0.15, 0.2) is 18.2 Å². The Balaban J connectivity index is 1.77. The Hall–Kier alpha value is -1.02. The van der Waals surface area contributed by atoms with Gasteiger partial charge in [0, 0.05) is 12.6 Å². The van der Waals surface area contributed by atoms with Gasteiger partial charge >= 0.3 is 0 Å². The van der Waals surface area contributed by atoms with E-state index in [-0.39, 0.29) is 0 Å². The summed E-state index contributed by atoms with van der Waals surface area (Å²) in [4.78, 5) is 2.60. The molecule has 0 aromatic heterocycles. The fourth-order valence-electron chi connectivity index (χ4n) is 5.58. The van der Waals surface area contributed by atoms with Crippen molar-refractivity contribution in [3.05, 3.63) is 29.3 Å². The zero-order valence-corrected chi connectivity index (χ0v) is 12.9. The van der Waals surface area contributed by atoms with E-state index in [9.17, 15) is 0 Å². The summed E-state index contributed by atoms with van der Waals surface area (Å²) in [7, 11) is 4.09. The van der Waals surface area contributed by atoms with Crippen molar-refractivity contribution < 1.29 is 4.74 Å². The van der Waals surface area contributed by atoms with E-state index in [2.05, 4.69) is 37.1 Å². The number of hydrogen-bond acceptors (Lipinski definition) is 2. The summed E-state index contributed by atoms with van der Waals surface area (Å²) >= 11 is 0. The third-order valence-electron chi connectivity index (χ3n) is 6.61. The molecule has 1 saturated heterocycles. The van der Waals surface area contributed by atoms with Gasteiger partial charge in [-0.3, -0.25) is 0 Å². The van der Waals surface area contributed by atoms with E-state index in [1.807, 2.05) is 0 Å². The molecular formula is C18H25NO. The highest BCUT2D eigenvalue weighted by Gasteiger charge is 2.58. The lowest BCUT2D eigenvalue weighted by Crippen LogP contribution is -2.36. The Morgan fingerprint density at radius 2 is 2.15 bits per heavy atom. The molecule has 1 aliphatic heterocycles. The van der Waals surface area contributed by atoms with Crippen molar-refractivity contribution >= 4 is 0 Å². The number of rotatable bonds is 1. The highest BCUT2D eigenvalue weighted by atomic mass is 16.5. The number of ether oxygens (including phenoxy) is 1. The Kier molecular flexibility index (Phi) is 2.69. The molecule has 1 spiro atoms. The van der Waals surface area contributed by atoms with Crippen molar-refractivity contribution in [2.75, 3.05) is 20.7 Å². The standard InChI is InChI=1S/C18H25NO/c1-12-16-6-7-17-15-5-4-14(20-3)10-13(15)8-9-18(16,17)11-19(12)2/h4-5,10,12,16-17H,6-9,11H2,1-3H3/t12-,16-,17-,18+/m1/s1. The highest BCUT2D eigenvalue weighted by molar-refractivity contribution is 5.42. The largest absolute Gasteiger partial charge is 0.497 e. The molecule has 0 bridgehead atoms. The van der Waals surface area contributed by atoms with E-state index < -0.39 is 0 Å². The van der Waals surface area contributed by atoms with E-state index in [0.717, 1.165) is 23.6 Å². The van der Waals surface area contributed by atoms with Crippen LogP contribution in [0.5, 0.6) is 5.75 Å². The molecule has 108 valence electrons. The quantitative estimate of drug-likeness (QED) is 0.775. The average Bonchev–Trinajstić information content (AvgIpc) is 2.94. The fraction of sp³-hybridized carbons (Fsp3) is 0.667. The van der Waals surface area contributed by atoms with Crippen molar-refractivity contribution in [1.82, 2.24) is 4.90 Å². The molecule has 0 amide bonds. The summed E-state index contributed by atoms with van der Waals surface area (Å²) in [6.07, 6.45) is 5.42. The summed E-state index contributed by atoms with van der Waals surface area (Å²) in [6.45, 7) is 3.74. The molecular weight excluding hydrogens is 246 g/mol. The average molecular weight is 271 g/mol. The monoisotopic (exact) mass is 271 g/mol. The molecule has 1 heterocycles. The molecule has 0 unspecified atom stereocenters. The molecule has 0 N–H and O–H groups in total. The van der Waals surface area contributed by atoms with Crippen LogP contribution in [-0.2, 0) is 6.42 Å². The molecule has 1 saturated carbocycles. The first kappa shape index (κ1) is 12.7. The van der Waals surface area contributed by atoms with E-state index in [1.54, 1.807) is 18.2 Å². The zero-order chi connectivity index (χ0) is 13.9. The van der Waals surface area contributed by atoms with Crippen LogP contribution in [0.2, 0.25) is 0 Å². The molecule has 2 heteroatoms. The lowest BCUT2D eigenvalue weighted by molar-refractivity contribution is 0.188. The van der Waals surface area contributed by atoms with Crippen LogP contribution in [0.3, 0.4) is 0 Å². The smallest absolute Gasteiger partial charge is 0.119 e. The third-order valence-corrected chi connectivity index (χ3v) is 6.61. The molecule has 1 aromatic carbocycles. The molecule has 4 atom stereocenters. The van der Waals surface area contributed by atoms with Gasteiger partial charge < -0.3 is 9.64 Å². The van der Waals surface area contributed by atoms with Crippen LogP contribution in [0.4, 0.5) is 0 Å². The van der Waals surface area contributed by atoms with Crippen LogP contribution in [0.25, 0.3) is 0 Å². The number of likely N-dealkylation sites (tertiary alicyclic amines) is 1. The van der Waals surface area contributed by atoms with Gasteiger partial charge in [0.15, 0.2) is 0 Å². The van der Waals surface area contributed by atoms with Crippen LogP contribution in [0.1, 0.15) is 43.2 Å². The van der Waals surface area contributed by atoms with Gasteiger partial charge in [-0.2, -0.15) is 0 Å². The lowest BCUT2D eigenvalue weighted by Gasteiger charge is -2.41. The second-order valence-electron chi connectivity index (χ2n) is 7.19. The van der Waals surface area contributed by atoms with E-state index in [0.29, 0.717) is 5.41 Å². The van der Waals surface area contributed by atoms with Crippen LogP contribution >= 0.6 is 0 Å². The number of nitrogens with zero attached hydrogens (tertiary/aromatic N) is 1. The third kappa shape index (κ3) is 1.49. The first-order valence-corrected chi connectivity index (χ1v) is 8.03. The van der Waals surface area contributed by atoms with Gasteiger partial charge in [-0.25, -0.2) is 0 Å². The lowest BCUT2D eigenvalue weighted by atomic mass is 9.63. The number of benzene rings is 1. The Labute approximate surface area is 122 Å². The van der Waals surface area contributed by atoms with Gasteiger partial charge in [-0.05, 0) is 80.2 Å². The van der Waals surface area contributed by atoms with Gasteiger partial charge in [0.2, 0.25) is 0 Å². The maximum Gasteiger partial charge on any atom is 0.119 e. The summed E-state index contributed by atoms with van der Waals surface area (Å²) < 4.78 is 5.40. The van der Waals surface area contributed by atoms with Gasteiger partial charge in [0.25, 0.3) is 0 Å². The topological polar surface area (TPSA) is 12.5 Å². The van der Waals surface area contributed by atoms with Crippen LogP contribution in [0, 0.1) is 11.3 Å². The van der Waals surface area contributed by atoms with E-state index >= 15 is 0 Å². The number of fused-ring (bicyclic) bond motifs is 2. The van der Waals surface area contributed by atoms with Crippen LogP contribution < -0.4 is 4.74 Å². The minimum atomic E-state index is 0.565. The second-order valence-corrected chi connectivity index (χ2v) is 7.19. The van der Waals surface area contributed by atoms with Crippen molar-refractivity contribution in [2.24, 2.45) is 11.3 Å². The molecule has 0 radical (unpaired) electrons. The minimum Gasteiger partial charge on any atom is -0.497 e. The Morgan fingerprint density at radius 1 is 1.30 bits per heavy atom. The number of methoxy groups -OCH3 is 1. The Morgan fingerprint density at radius 3 is 2.95 bits per heavy atom. The van der Waals surface area contributed by atoms with Crippen molar-refractivity contribution in [3.63, 3.8) is 0 Å². The molecule has 3 aliphatic rings. The zero-order valence-electron chi connectivity index (χ0n) is 12.9. The van der Waals surface area contributed by atoms with E-state index in [4.69, 9.17) is 4.74 Å². The summed E-state index contributed by atoms with van der Waals surface area (Å²) in [5.41, 5.74) is 3.74. The molecule has 20 heavy (non-hydrogen) atoms. The maximum absolute atomic E-state index is 5.40. The van der Waals surface area contributed by atoms with Crippen LogP contribution in [-0.4, -0.2) is 31.6 Å². The maximum atomic E-state index is 5.40. The van der Waals surface area contributed by atoms with Gasteiger partial charge in [-0.1, -0.05) is 6.07 Å². The summed E-state index contributed by atoms with van der Waals surface area (Å²) in [5, 5.41) is 0. The molecule has 2 fully saturated rings. The molecule has 1 aromatic rings. The van der Waals surface area contributed by atoms with Crippen molar-refractivity contribution in [3.8, 4) is 5.75 Å².